The fraction of sp³-hybridized carbons (Fsp3) is 0. The number of phenols is 2. The van der Waals surface area contributed by atoms with Crippen LogP contribution in [0.1, 0.15) is 0 Å². The standard InChI is InChI=1S/C32H28N2O18S6/c35-29-15-25(57(47,48)49)11-19-9-23(55(41,42)43)13-27(31(19)29)33-53(37,38)21-5-1-17(2-6-21)18-3-7-22(8-4-18)54(39,40)34-28-14-24(56(44,45)46)10-20-12-26(58(50,51)52)16-30(36)32(20)28/h1-16,33-36,41-43,50-52H,(H,44,45,46)(H,47,48,49). The van der Waals surface area contributed by atoms with Crippen LogP contribution in [0.4, 0.5) is 11.4 Å². The zero-order chi connectivity index (χ0) is 43.0. The van der Waals surface area contributed by atoms with Crippen LogP contribution in [0.25, 0.3) is 32.7 Å². The predicted octanol–water partition coefficient (Wildman–Crippen LogP) is 6.33. The first kappa shape index (κ1) is 42.8. The van der Waals surface area contributed by atoms with E-state index in [4.69, 9.17) is 0 Å². The maximum absolute atomic E-state index is 13.5. The van der Waals surface area contributed by atoms with E-state index < -0.39 is 109 Å². The molecule has 0 saturated heterocycles. The molecule has 0 unspecified atom stereocenters. The van der Waals surface area contributed by atoms with Crippen LogP contribution in [-0.4, -0.2) is 80.3 Å². The number of phenolic OH excluding ortho intramolecular Hbond substituents is 2. The van der Waals surface area contributed by atoms with Gasteiger partial charge >= 0.3 is 0 Å². The first-order chi connectivity index (χ1) is 26.5. The van der Waals surface area contributed by atoms with Crippen molar-refractivity contribution in [3.8, 4) is 22.6 Å². The lowest BCUT2D eigenvalue weighted by Crippen LogP contribution is -2.14. The maximum Gasteiger partial charge on any atom is 0.294 e. The Hall–Kier alpha value is -4.78. The lowest BCUT2D eigenvalue weighted by atomic mass is 10.1. The third-order valence-electron chi connectivity index (χ3n) is 8.33. The third kappa shape index (κ3) is 8.79. The van der Waals surface area contributed by atoms with Crippen LogP contribution >= 0.6 is 21.7 Å². The highest BCUT2D eigenvalue weighted by Gasteiger charge is 2.26. The molecule has 6 aromatic carbocycles. The molecule has 0 saturated carbocycles. The summed E-state index contributed by atoms with van der Waals surface area (Å²) >= 11 is 0. The SMILES string of the molecule is O=S(=O)(O)c1cc(O)c2c(NS(=O)(=O)c3ccc(-c4ccc(S(=O)(=O)Nc5cc(S(=O)(=O)O)cc6cc(S(O)(O)O)cc(O)c56)cc4)cc3)cc(S(O)(O)O)cc2c1. The lowest BCUT2D eigenvalue weighted by Gasteiger charge is -2.22. The summed E-state index contributed by atoms with van der Waals surface area (Å²) in [6.07, 6.45) is 0. The Morgan fingerprint density at radius 1 is 0.362 bits per heavy atom. The molecule has 0 radical (unpaired) electrons. The number of nitrogens with one attached hydrogen (secondary N) is 2. The summed E-state index contributed by atoms with van der Waals surface area (Å²) in [6.45, 7) is 0. The van der Waals surface area contributed by atoms with Gasteiger partial charge in [-0.1, -0.05) is 24.3 Å². The number of hydrogen-bond donors (Lipinski definition) is 12. The summed E-state index contributed by atoms with van der Waals surface area (Å²) in [5, 5.41) is 19.9. The fourth-order valence-electron chi connectivity index (χ4n) is 5.71. The highest BCUT2D eigenvalue weighted by Crippen LogP contribution is 2.49. The number of anilines is 2. The van der Waals surface area contributed by atoms with Crippen LogP contribution in [0.15, 0.2) is 126 Å². The molecule has 0 atom stereocenters. The minimum Gasteiger partial charge on any atom is -0.507 e. The number of hydrogen-bond acceptors (Lipinski definition) is 16. The van der Waals surface area contributed by atoms with Crippen molar-refractivity contribution >= 4 is 94.9 Å². The van der Waals surface area contributed by atoms with E-state index in [2.05, 4.69) is 9.44 Å². The molecule has 6 aromatic rings. The van der Waals surface area contributed by atoms with Crippen LogP contribution in [-0.2, 0) is 40.3 Å². The van der Waals surface area contributed by atoms with E-state index in [-0.39, 0.29) is 26.4 Å². The van der Waals surface area contributed by atoms with E-state index in [0.717, 1.165) is 54.6 Å². The van der Waals surface area contributed by atoms with Gasteiger partial charge in [0.1, 0.15) is 33.2 Å². The van der Waals surface area contributed by atoms with Crippen LogP contribution in [0, 0.1) is 0 Å². The first-order valence-corrected chi connectivity index (χ1v) is 24.2. The van der Waals surface area contributed by atoms with Gasteiger partial charge in [-0.05, 0) is 88.6 Å². The van der Waals surface area contributed by atoms with Gasteiger partial charge in [-0.15, -0.1) is 0 Å². The fourth-order valence-corrected chi connectivity index (χ4v) is 10.0. The van der Waals surface area contributed by atoms with Gasteiger partial charge in [0, 0.05) is 16.8 Å². The van der Waals surface area contributed by atoms with Crippen LogP contribution in [0.5, 0.6) is 11.5 Å². The second-order valence-corrected chi connectivity index (χ2v) is 21.5. The number of aromatic hydroxyl groups is 2. The molecular formula is C32H28N2O18S6. The van der Waals surface area contributed by atoms with Crippen molar-refractivity contribution in [1.82, 2.24) is 0 Å². The molecule has 0 aliphatic rings. The van der Waals surface area contributed by atoms with Gasteiger partial charge in [-0.2, -0.15) is 16.8 Å². The van der Waals surface area contributed by atoms with Crippen molar-refractivity contribution in [2.24, 2.45) is 0 Å². The molecule has 6 rings (SSSR count). The highest BCUT2D eigenvalue weighted by molar-refractivity contribution is 8.19. The maximum atomic E-state index is 13.5. The molecule has 0 aliphatic carbocycles. The van der Waals surface area contributed by atoms with Crippen molar-refractivity contribution in [1.29, 1.82) is 0 Å². The molecule has 26 heteroatoms. The molecule has 0 bridgehead atoms. The molecule has 310 valence electrons. The zero-order valence-corrected chi connectivity index (χ0v) is 33.3. The van der Waals surface area contributed by atoms with Gasteiger partial charge in [0.2, 0.25) is 0 Å². The largest absolute Gasteiger partial charge is 0.507 e. The molecule has 20 nitrogen and oxygen atoms in total. The van der Waals surface area contributed by atoms with Gasteiger partial charge < -0.3 is 37.5 Å². The van der Waals surface area contributed by atoms with E-state index in [1.54, 1.807) is 0 Å². The van der Waals surface area contributed by atoms with E-state index in [9.17, 15) is 80.3 Å². The average molecular weight is 921 g/mol. The molecule has 0 spiro atoms. The van der Waals surface area contributed by atoms with Gasteiger partial charge in [0.15, 0.2) is 0 Å². The number of rotatable bonds is 11. The quantitative estimate of drug-likeness (QED) is 0.0631. The second kappa shape index (κ2) is 14.5. The van der Waals surface area contributed by atoms with Crippen LogP contribution in [0.2, 0.25) is 0 Å². The third-order valence-corrected chi connectivity index (χ3v) is 14.5. The second-order valence-electron chi connectivity index (χ2n) is 12.3. The van der Waals surface area contributed by atoms with Crippen molar-refractivity contribution < 1.29 is 80.3 Å². The monoisotopic (exact) mass is 920 g/mol. The summed E-state index contributed by atoms with van der Waals surface area (Å²) < 4.78 is 183. The van der Waals surface area contributed by atoms with E-state index >= 15 is 0 Å². The Morgan fingerprint density at radius 2 is 0.655 bits per heavy atom. The minimum absolute atomic E-state index is 0.314. The minimum atomic E-state index is -4.99. The number of fused-ring (bicyclic) bond motifs is 2. The van der Waals surface area contributed by atoms with Gasteiger partial charge in [-0.3, -0.25) is 18.5 Å². The highest BCUT2D eigenvalue weighted by atomic mass is 32.3. The Kier molecular flexibility index (Phi) is 10.7. The molecule has 12 N–H and O–H groups in total. The molecule has 0 heterocycles. The predicted molar refractivity (Wildman–Crippen MR) is 212 cm³/mol. The molecular weight excluding hydrogens is 893 g/mol. The summed E-state index contributed by atoms with van der Waals surface area (Å²) in [7, 11) is -28.0. The van der Waals surface area contributed by atoms with Crippen LogP contribution in [0.3, 0.4) is 0 Å². The van der Waals surface area contributed by atoms with Crippen molar-refractivity contribution in [2.45, 2.75) is 29.4 Å². The summed E-state index contributed by atoms with van der Waals surface area (Å²) in [5.74, 6) is -1.63. The topological polar surface area (TPSA) is 363 Å². The average Bonchev–Trinajstić information content (AvgIpc) is 3.09. The first-order valence-electron chi connectivity index (χ1n) is 15.4. The van der Waals surface area contributed by atoms with Crippen molar-refractivity contribution in [2.75, 3.05) is 9.44 Å². The van der Waals surface area contributed by atoms with Gasteiger partial charge in [0.25, 0.3) is 40.3 Å². The number of benzene rings is 6. The van der Waals surface area contributed by atoms with Crippen molar-refractivity contribution in [3.63, 3.8) is 0 Å². The van der Waals surface area contributed by atoms with Gasteiger partial charge in [0.05, 0.1) is 40.7 Å². The van der Waals surface area contributed by atoms with E-state index in [1.807, 2.05) is 0 Å². The Balaban J connectivity index is 1.29. The normalized spacial score (nSPS) is 13.7. The van der Waals surface area contributed by atoms with E-state index in [1.165, 1.54) is 24.3 Å². The summed E-state index contributed by atoms with van der Waals surface area (Å²) in [6, 6.07) is 16.0. The molecule has 0 amide bonds. The summed E-state index contributed by atoms with van der Waals surface area (Å²) in [4.78, 5) is -3.76. The van der Waals surface area contributed by atoms with Gasteiger partial charge in [-0.25, -0.2) is 16.8 Å². The zero-order valence-electron chi connectivity index (χ0n) is 28.4. The molecule has 0 aromatic heterocycles. The molecule has 0 aliphatic heterocycles. The smallest absolute Gasteiger partial charge is 0.294 e. The molecule has 58 heavy (non-hydrogen) atoms. The summed E-state index contributed by atoms with van der Waals surface area (Å²) in [5.41, 5.74) is -0.360. The van der Waals surface area contributed by atoms with E-state index in [0.29, 0.717) is 29.3 Å². The Bertz CT molecular complexity index is 3110. The Morgan fingerprint density at radius 3 is 1.00 bits per heavy atom. The molecule has 0 fully saturated rings. The van der Waals surface area contributed by atoms with Crippen molar-refractivity contribution in [3.05, 3.63) is 97.1 Å². The lowest BCUT2D eigenvalue weighted by molar-refractivity contribution is 0.373. The Labute approximate surface area is 332 Å². The number of sulfonamides is 2. The van der Waals surface area contributed by atoms with Crippen LogP contribution < -0.4 is 9.44 Å².